The van der Waals surface area contributed by atoms with Crippen molar-refractivity contribution in [3.05, 3.63) is 57.6 Å². The van der Waals surface area contributed by atoms with Crippen LogP contribution >= 0.6 is 23.2 Å². The van der Waals surface area contributed by atoms with Crippen molar-refractivity contribution in [3.63, 3.8) is 0 Å². The topological polar surface area (TPSA) is 113 Å². The SMILES string of the molecule is CCO/N=C(\CC(=O)NC(=N)Cc1cc(Cl)c(NC(C)=O)c(Cl)c1)c1ccc(OC)cc1. The highest BCUT2D eigenvalue weighted by atomic mass is 35.5. The van der Waals surface area contributed by atoms with E-state index in [1.165, 1.54) is 6.92 Å². The van der Waals surface area contributed by atoms with Gasteiger partial charge in [0.15, 0.2) is 0 Å². The third kappa shape index (κ3) is 7.55. The Labute approximate surface area is 196 Å². The minimum atomic E-state index is -0.420. The number of nitrogens with one attached hydrogen (secondary N) is 3. The highest BCUT2D eigenvalue weighted by Crippen LogP contribution is 2.32. The van der Waals surface area contributed by atoms with Crippen molar-refractivity contribution in [2.45, 2.75) is 26.7 Å². The van der Waals surface area contributed by atoms with E-state index in [2.05, 4.69) is 15.8 Å². The molecule has 170 valence electrons. The summed E-state index contributed by atoms with van der Waals surface area (Å²) >= 11 is 12.4. The quantitative estimate of drug-likeness (QED) is 0.281. The maximum atomic E-state index is 12.5. The fraction of sp³-hybridized carbons (Fsp3) is 0.273. The minimum absolute atomic E-state index is 0.0418. The number of benzene rings is 2. The molecule has 2 rings (SSSR count). The molecule has 0 saturated heterocycles. The lowest BCUT2D eigenvalue weighted by Gasteiger charge is -2.12. The Hall–Kier alpha value is -3.10. The maximum Gasteiger partial charge on any atom is 0.231 e. The average molecular weight is 479 g/mol. The summed E-state index contributed by atoms with van der Waals surface area (Å²) in [4.78, 5) is 28.9. The number of methoxy groups -OCH3 is 1. The fourth-order valence-corrected chi connectivity index (χ4v) is 3.38. The third-order valence-electron chi connectivity index (χ3n) is 4.13. The molecule has 0 aliphatic rings. The van der Waals surface area contributed by atoms with Gasteiger partial charge in [0.25, 0.3) is 0 Å². The number of oxime groups is 1. The van der Waals surface area contributed by atoms with E-state index in [4.69, 9.17) is 38.2 Å². The number of ether oxygens (including phenoxy) is 1. The Morgan fingerprint density at radius 3 is 2.28 bits per heavy atom. The normalized spacial score (nSPS) is 11.0. The van der Waals surface area contributed by atoms with Gasteiger partial charge in [-0.2, -0.15) is 0 Å². The highest BCUT2D eigenvalue weighted by molar-refractivity contribution is 6.39. The van der Waals surface area contributed by atoms with Crippen LogP contribution in [0.4, 0.5) is 5.69 Å². The lowest BCUT2D eigenvalue weighted by atomic mass is 10.1. The molecule has 0 radical (unpaired) electrons. The lowest BCUT2D eigenvalue weighted by Crippen LogP contribution is -2.32. The zero-order chi connectivity index (χ0) is 23.7. The molecule has 10 heteroatoms. The van der Waals surface area contributed by atoms with E-state index >= 15 is 0 Å². The molecular weight excluding hydrogens is 455 g/mol. The molecule has 0 unspecified atom stereocenters. The van der Waals surface area contributed by atoms with Crippen molar-refractivity contribution < 1.29 is 19.2 Å². The van der Waals surface area contributed by atoms with Crippen LogP contribution in [0.5, 0.6) is 5.75 Å². The van der Waals surface area contributed by atoms with Crippen molar-refractivity contribution in [3.8, 4) is 5.75 Å². The molecule has 0 fully saturated rings. The van der Waals surface area contributed by atoms with E-state index in [9.17, 15) is 9.59 Å². The lowest BCUT2D eigenvalue weighted by molar-refractivity contribution is -0.118. The predicted molar refractivity (Wildman–Crippen MR) is 126 cm³/mol. The standard InChI is InChI=1S/C22H24Cl2N4O4/c1-4-32-28-19(15-5-7-16(31-3)8-6-15)12-21(30)27-20(25)11-14-9-17(23)22(18(24)10-14)26-13(2)29/h5-10H,4,11-12H2,1-3H3,(H,26,29)(H2,25,27,30)/b28-19+. The summed E-state index contributed by atoms with van der Waals surface area (Å²) in [7, 11) is 1.57. The first-order valence-electron chi connectivity index (χ1n) is 9.69. The van der Waals surface area contributed by atoms with Crippen molar-refractivity contribution in [2.24, 2.45) is 5.16 Å². The summed E-state index contributed by atoms with van der Waals surface area (Å²) in [6, 6.07) is 10.2. The van der Waals surface area contributed by atoms with Gasteiger partial charge in [-0.05, 0) is 48.9 Å². The molecular formula is C22H24Cl2N4O4. The molecule has 32 heavy (non-hydrogen) atoms. The van der Waals surface area contributed by atoms with Crippen LogP contribution < -0.4 is 15.4 Å². The summed E-state index contributed by atoms with van der Waals surface area (Å²) in [5.41, 5.74) is 2.03. The van der Waals surface area contributed by atoms with E-state index in [1.54, 1.807) is 50.4 Å². The number of carbonyl (C=O) groups is 2. The molecule has 8 nitrogen and oxygen atoms in total. The van der Waals surface area contributed by atoms with E-state index in [0.717, 1.165) is 0 Å². The third-order valence-corrected chi connectivity index (χ3v) is 4.73. The van der Waals surface area contributed by atoms with E-state index in [0.29, 0.717) is 34.9 Å². The molecule has 0 bridgehead atoms. The number of halogens is 2. The van der Waals surface area contributed by atoms with E-state index in [-0.39, 0.29) is 34.6 Å². The minimum Gasteiger partial charge on any atom is -0.497 e. The van der Waals surface area contributed by atoms with Gasteiger partial charge in [-0.1, -0.05) is 28.4 Å². The molecule has 0 heterocycles. The molecule has 0 spiro atoms. The number of hydrogen-bond acceptors (Lipinski definition) is 6. The Bertz CT molecular complexity index is 1000. The van der Waals surface area contributed by atoms with Crippen molar-refractivity contribution in [1.82, 2.24) is 5.32 Å². The summed E-state index contributed by atoms with van der Waals surface area (Å²) in [6.07, 6.45) is 0.00366. The number of amides is 2. The first-order valence-corrected chi connectivity index (χ1v) is 10.4. The number of rotatable bonds is 9. The van der Waals surface area contributed by atoms with Gasteiger partial charge >= 0.3 is 0 Å². The number of hydrogen-bond donors (Lipinski definition) is 3. The zero-order valence-electron chi connectivity index (χ0n) is 17.9. The monoisotopic (exact) mass is 478 g/mol. The van der Waals surface area contributed by atoms with Gasteiger partial charge in [-0.15, -0.1) is 0 Å². The predicted octanol–water partition coefficient (Wildman–Crippen LogP) is 4.43. The van der Waals surface area contributed by atoms with Crippen LogP contribution in [0, 0.1) is 5.41 Å². The average Bonchev–Trinajstić information content (AvgIpc) is 2.73. The van der Waals surface area contributed by atoms with Gasteiger partial charge in [-0.25, -0.2) is 0 Å². The molecule has 0 aromatic heterocycles. The largest absolute Gasteiger partial charge is 0.497 e. The van der Waals surface area contributed by atoms with E-state index in [1.807, 2.05) is 0 Å². The van der Waals surface area contributed by atoms with Crippen molar-refractivity contribution >= 4 is 52.3 Å². The van der Waals surface area contributed by atoms with Gasteiger partial charge in [0.1, 0.15) is 18.2 Å². The van der Waals surface area contributed by atoms with Gasteiger partial charge in [-0.3, -0.25) is 15.0 Å². The summed E-state index contributed by atoms with van der Waals surface area (Å²) in [5.74, 6) is -0.0863. The summed E-state index contributed by atoms with van der Waals surface area (Å²) < 4.78 is 5.15. The van der Waals surface area contributed by atoms with Gasteiger partial charge in [0.05, 0.1) is 35.0 Å². The van der Waals surface area contributed by atoms with Crippen LogP contribution in [-0.2, 0) is 20.8 Å². The van der Waals surface area contributed by atoms with Crippen LogP contribution in [0.2, 0.25) is 10.0 Å². The van der Waals surface area contributed by atoms with Crippen molar-refractivity contribution in [2.75, 3.05) is 19.0 Å². The fourth-order valence-electron chi connectivity index (χ4n) is 2.75. The molecule has 0 saturated carbocycles. The summed E-state index contributed by atoms with van der Waals surface area (Å²) in [6.45, 7) is 3.49. The number of nitrogens with zero attached hydrogens (tertiary/aromatic N) is 1. The van der Waals surface area contributed by atoms with Crippen molar-refractivity contribution in [1.29, 1.82) is 5.41 Å². The zero-order valence-corrected chi connectivity index (χ0v) is 19.4. The second-order valence-corrected chi connectivity index (χ2v) is 7.49. The molecule has 2 amide bonds. The first kappa shape index (κ1) is 25.2. The highest BCUT2D eigenvalue weighted by Gasteiger charge is 2.15. The summed E-state index contributed by atoms with van der Waals surface area (Å²) in [5, 5.41) is 17.7. The van der Waals surface area contributed by atoms with Crippen LogP contribution in [0.3, 0.4) is 0 Å². The van der Waals surface area contributed by atoms with Crippen LogP contribution in [-0.4, -0.2) is 37.1 Å². The van der Waals surface area contributed by atoms with Gasteiger partial charge in [0, 0.05) is 18.9 Å². The Balaban J connectivity index is 2.05. The first-order chi connectivity index (χ1) is 15.2. The molecule has 3 N–H and O–H groups in total. The van der Waals surface area contributed by atoms with Crippen LogP contribution in [0.1, 0.15) is 31.4 Å². The van der Waals surface area contributed by atoms with Gasteiger partial charge < -0.3 is 20.2 Å². The molecule has 2 aromatic carbocycles. The number of amidine groups is 1. The molecule has 2 aromatic rings. The number of anilines is 1. The molecule has 0 atom stereocenters. The van der Waals surface area contributed by atoms with Gasteiger partial charge in [0.2, 0.25) is 11.8 Å². The van der Waals surface area contributed by atoms with Crippen LogP contribution in [0.25, 0.3) is 0 Å². The molecule has 0 aliphatic carbocycles. The smallest absolute Gasteiger partial charge is 0.231 e. The maximum absolute atomic E-state index is 12.5. The van der Waals surface area contributed by atoms with E-state index < -0.39 is 5.91 Å². The second-order valence-electron chi connectivity index (χ2n) is 6.68. The Morgan fingerprint density at radius 1 is 1.12 bits per heavy atom. The Kier molecular flexibility index (Phi) is 9.49. The second kappa shape index (κ2) is 12.1. The number of carbonyl (C=O) groups excluding carboxylic acids is 2. The van der Waals surface area contributed by atoms with Crippen LogP contribution in [0.15, 0.2) is 41.6 Å². The Morgan fingerprint density at radius 2 is 1.75 bits per heavy atom. The molecule has 0 aliphatic heterocycles.